The third-order valence-corrected chi connectivity index (χ3v) is 7.47. The standard InChI is InChI=1S/C21H25N3O5S/c1-20(2,14-22)17-7-5-15(6-8-17)16-9-11-24(18(25)13-16)12-10-21(3,19(26)23-27)30(4,28)29/h5-9,11,13,27H,10,12H2,1-4H3,(H,23,26)/t21-/m1/s1. The number of hydroxylamine groups is 1. The number of sulfone groups is 1. The zero-order chi connectivity index (χ0) is 22.7. The van der Waals surface area contributed by atoms with Crippen LogP contribution in [0.5, 0.6) is 0 Å². The fourth-order valence-electron chi connectivity index (χ4n) is 2.94. The Morgan fingerprint density at radius 2 is 1.77 bits per heavy atom. The largest absolute Gasteiger partial charge is 0.315 e. The van der Waals surface area contributed by atoms with E-state index in [2.05, 4.69) is 6.07 Å². The highest BCUT2D eigenvalue weighted by Crippen LogP contribution is 2.26. The molecule has 1 atom stereocenters. The van der Waals surface area contributed by atoms with Gasteiger partial charge in [0.1, 0.15) is 0 Å². The van der Waals surface area contributed by atoms with E-state index in [-0.39, 0.29) is 18.5 Å². The summed E-state index contributed by atoms with van der Waals surface area (Å²) in [7, 11) is -3.84. The van der Waals surface area contributed by atoms with Crippen LogP contribution in [0.4, 0.5) is 0 Å². The number of nitrogens with zero attached hydrogens (tertiary/aromatic N) is 2. The molecular weight excluding hydrogens is 406 g/mol. The molecule has 0 aliphatic carbocycles. The smallest absolute Gasteiger partial charge is 0.264 e. The van der Waals surface area contributed by atoms with Crippen molar-refractivity contribution < 1.29 is 18.4 Å². The summed E-state index contributed by atoms with van der Waals surface area (Å²) < 4.78 is 23.5. The van der Waals surface area contributed by atoms with Gasteiger partial charge in [0, 0.05) is 25.1 Å². The number of hydrogen-bond acceptors (Lipinski definition) is 6. The van der Waals surface area contributed by atoms with Crippen LogP contribution in [0.1, 0.15) is 32.8 Å². The van der Waals surface area contributed by atoms with Crippen molar-refractivity contribution >= 4 is 15.7 Å². The SMILES string of the molecule is CC(C)(C#N)c1ccc(-c2ccn(CC[C@](C)(C(=O)NO)S(C)(=O)=O)c(=O)c2)cc1. The molecular formula is C21H25N3O5S. The first-order valence-corrected chi connectivity index (χ1v) is 11.1. The molecule has 0 saturated carbocycles. The molecule has 30 heavy (non-hydrogen) atoms. The zero-order valence-electron chi connectivity index (χ0n) is 17.3. The van der Waals surface area contributed by atoms with Crippen LogP contribution in [0.3, 0.4) is 0 Å². The van der Waals surface area contributed by atoms with Crippen LogP contribution in [-0.2, 0) is 26.6 Å². The third-order valence-electron chi connectivity index (χ3n) is 5.45. The Morgan fingerprint density at radius 3 is 2.23 bits per heavy atom. The van der Waals surface area contributed by atoms with E-state index in [1.165, 1.54) is 29.2 Å². The molecule has 0 aliphatic heterocycles. The van der Waals surface area contributed by atoms with Crippen LogP contribution in [-0.4, -0.2) is 35.1 Å². The summed E-state index contributed by atoms with van der Waals surface area (Å²) in [6.45, 7) is 4.83. The normalized spacial score (nSPS) is 13.9. The van der Waals surface area contributed by atoms with E-state index in [1.807, 2.05) is 38.1 Å². The quantitative estimate of drug-likeness (QED) is 0.510. The Morgan fingerprint density at radius 1 is 1.17 bits per heavy atom. The van der Waals surface area contributed by atoms with Crippen molar-refractivity contribution in [3.63, 3.8) is 0 Å². The number of aromatic nitrogens is 1. The Bertz CT molecular complexity index is 1140. The van der Waals surface area contributed by atoms with Crippen LogP contribution in [0, 0.1) is 11.3 Å². The fourth-order valence-corrected chi connectivity index (χ4v) is 3.78. The van der Waals surface area contributed by atoms with Crippen molar-refractivity contribution in [3.05, 3.63) is 58.5 Å². The monoisotopic (exact) mass is 431 g/mol. The maximum Gasteiger partial charge on any atom is 0.264 e. The average molecular weight is 432 g/mol. The molecule has 0 aliphatic rings. The van der Waals surface area contributed by atoms with Crippen molar-refractivity contribution in [2.45, 2.75) is 43.9 Å². The highest BCUT2D eigenvalue weighted by Gasteiger charge is 2.43. The number of amides is 1. The van der Waals surface area contributed by atoms with Crippen molar-refractivity contribution in [2.75, 3.05) is 6.26 Å². The summed E-state index contributed by atoms with van der Waals surface area (Å²) in [5.74, 6) is -1.05. The van der Waals surface area contributed by atoms with Gasteiger partial charge in [0.25, 0.3) is 11.5 Å². The average Bonchev–Trinajstić information content (AvgIpc) is 2.71. The Kier molecular flexibility index (Phi) is 6.54. The topological polar surface area (TPSA) is 129 Å². The van der Waals surface area contributed by atoms with Gasteiger partial charge in [-0.1, -0.05) is 24.3 Å². The molecule has 1 aromatic heterocycles. The van der Waals surface area contributed by atoms with E-state index < -0.39 is 25.9 Å². The lowest BCUT2D eigenvalue weighted by atomic mass is 9.85. The molecule has 0 saturated heterocycles. The van der Waals surface area contributed by atoms with E-state index >= 15 is 0 Å². The molecule has 0 unspecified atom stereocenters. The molecule has 1 aromatic carbocycles. The van der Waals surface area contributed by atoms with Gasteiger partial charge in [-0.25, -0.2) is 13.9 Å². The molecule has 0 fully saturated rings. The van der Waals surface area contributed by atoms with E-state index in [0.717, 1.165) is 17.4 Å². The van der Waals surface area contributed by atoms with Crippen LogP contribution >= 0.6 is 0 Å². The number of nitriles is 1. The van der Waals surface area contributed by atoms with Crippen LogP contribution in [0.15, 0.2) is 47.4 Å². The predicted octanol–water partition coefficient (Wildman–Crippen LogP) is 2.02. The van der Waals surface area contributed by atoms with Crippen LogP contribution in [0.25, 0.3) is 11.1 Å². The van der Waals surface area contributed by atoms with Gasteiger partial charge in [0.15, 0.2) is 14.6 Å². The van der Waals surface area contributed by atoms with Crippen molar-refractivity contribution in [1.29, 1.82) is 5.26 Å². The molecule has 1 amide bonds. The number of pyridine rings is 1. The van der Waals surface area contributed by atoms with Gasteiger partial charge in [0.2, 0.25) is 0 Å². The Hall–Kier alpha value is -2.96. The molecule has 160 valence electrons. The second kappa shape index (κ2) is 8.42. The Labute approximate surface area is 175 Å². The minimum absolute atomic E-state index is 0.0224. The van der Waals surface area contributed by atoms with Gasteiger partial charge >= 0.3 is 0 Å². The maximum atomic E-state index is 12.5. The number of aryl methyl sites for hydroxylation is 1. The second-order valence-corrected chi connectivity index (χ2v) is 10.4. The van der Waals surface area contributed by atoms with Gasteiger partial charge < -0.3 is 4.57 Å². The van der Waals surface area contributed by atoms with E-state index in [1.54, 1.807) is 6.07 Å². The zero-order valence-corrected chi connectivity index (χ0v) is 18.2. The van der Waals surface area contributed by atoms with Crippen molar-refractivity contribution in [1.82, 2.24) is 10.0 Å². The van der Waals surface area contributed by atoms with Gasteiger partial charge in [-0.05, 0) is 49.9 Å². The first-order valence-electron chi connectivity index (χ1n) is 9.22. The summed E-state index contributed by atoms with van der Waals surface area (Å²) in [6.07, 6.45) is 2.26. The lowest BCUT2D eigenvalue weighted by molar-refractivity contribution is -0.131. The van der Waals surface area contributed by atoms with Crippen LogP contribution < -0.4 is 11.0 Å². The molecule has 1 heterocycles. The molecule has 2 N–H and O–H groups in total. The fraction of sp³-hybridized carbons (Fsp3) is 0.381. The second-order valence-electron chi connectivity index (χ2n) is 7.96. The van der Waals surface area contributed by atoms with E-state index in [4.69, 9.17) is 5.21 Å². The number of benzene rings is 1. The molecule has 0 bridgehead atoms. The number of nitrogens with one attached hydrogen (secondary N) is 1. The summed E-state index contributed by atoms with van der Waals surface area (Å²) in [5, 5.41) is 18.1. The lowest BCUT2D eigenvalue weighted by Crippen LogP contribution is -2.49. The number of hydrogen-bond donors (Lipinski definition) is 2. The highest BCUT2D eigenvalue weighted by molar-refractivity contribution is 7.92. The van der Waals surface area contributed by atoms with Crippen molar-refractivity contribution in [3.8, 4) is 17.2 Å². The van der Waals surface area contributed by atoms with Gasteiger partial charge in [-0.15, -0.1) is 0 Å². The third kappa shape index (κ3) is 4.61. The maximum absolute atomic E-state index is 12.5. The molecule has 0 radical (unpaired) electrons. The van der Waals surface area contributed by atoms with Crippen molar-refractivity contribution in [2.24, 2.45) is 0 Å². The Balaban J connectivity index is 2.27. The van der Waals surface area contributed by atoms with E-state index in [0.29, 0.717) is 5.56 Å². The molecule has 0 spiro atoms. The predicted molar refractivity (Wildman–Crippen MR) is 113 cm³/mol. The summed E-state index contributed by atoms with van der Waals surface area (Å²) in [4.78, 5) is 24.4. The molecule has 2 rings (SSSR count). The lowest BCUT2D eigenvalue weighted by Gasteiger charge is -2.25. The number of rotatable bonds is 7. The minimum Gasteiger partial charge on any atom is -0.315 e. The summed E-state index contributed by atoms with van der Waals surface area (Å²) >= 11 is 0. The van der Waals surface area contributed by atoms with Gasteiger partial charge in [-0.3, -0.25) is 14.8 Å². The van der Waals surface area contributed by atoms with E-state index in [9.17, 15) is 23.3 Å². The summed E-state index contributed by atoms with van der Waals surface area (Å²) in [5.41, 5.74) is 2.76. The molecule has 8 nitrogen and oxygen atoms in total. The summed E-state index contributed by atoms with van der Waals surface area (Å²) in [6, 6.07) is 12.7. The molecule has 9 heteroatoms. The first kappa shape index (κ1) is 23.3. The van der Waals surface area contributed by atoms with Crippen LogP contribution in [0.2, 0.25) is 0 Å². The van der Waals surface area contributed by atoms with Gasteiger partial charge in [0.05, 0.1) is 11.5 Å². The number of carbonyl (C=O) groups excluding carboxylic acids is 1. The van der Waals surface area contributed by atoms with Gasteiger partial charge in [-0.2, -0.15) is 5.26 Å². The number of carbonyl (C=O) groups is 1. The minimum atomic E-state index is -3.84. The molecule has 2 aromatic rings. The first-order chi connectivity index (χ1) is 13.9. The highest BCUT2D eigenvalue weighted by atomic mass is 32.2.